The monoisotopic (exact) mass is 425 g/mol. The van der Waals surface area contributed by atoms with Crippen molar-refractivity contribution in [1.82, 2.24) is 15.0 Å². The molecule has 7 nitrogen and oxygen atoms in total. The highest BCUT2D eigenvalue weighted by molar-refractivity contribution is 7.90. The van der Waals surface area contributed by atoms with Crippen LogP contribution < -0.4 is 4.74 Å². The Morgan fingerprint density at radius 2 is 1.93 bits per heavy atom. The Labute approximate surface area is 175 Å². The van der Waals surface area contributed by atoms with E-state index in [0.717, 1.165) is 41.3 Å². The lowest BCUT2D eigenvalue weighted by molar-refractivity contribution is -0.131. The molecule has 1 saturated carbocycles. The Kier molecular flexibility index (Phi) is 5.42. The number of rotatable bonds is 5. The van der Waals surface area contributed by atoms with Gasteiger partial charge in [-0.05, 0) is 43.0 Å². The maximum absolute atomic E-state index is 11.8. The van der Waals surface area contributed by atoms with Crippen LogP contribution in [0.3, 0.4) is 0 Å². The van der Waals surface area contributed by atoms with Gasteiger partial charge in [-0.3, -0.25) is 4.79 Å². The molecule has 1 aliphatic carbocycles. The normalized spacial score (nSPS) is 15.6. The van der Waals surface area contributed by atoms with Crippen LogP contribution in [0.25, 0.3) is 16.6 Å². The second-order valence-electron chi connectivity index (χ2n) is 7.67. The summed E-state index contributed by atoms with van der Waals surface area (Å²) in [6.07, 6.45) is 11.2. The molecule has 3 heterocycles. The topological polar surface area (TPSA) is 102 Å². The minimum Gasteiger partial charge on any atom is -0.425 e. The molecule has 1 fully saturated rings. The molecule has 0 spiro atoms. The van der Waals surface area contributed by atoms with Crippen LogP contribution in [0.15, 0.2) is 47.8 Å². The maximum Gasteiger partial charge on any atom is 0.308 e. The molecule has 1 N–H and O–H groups in total. The quantitative estimate of drug-likeness (QED) is 0.622. The predicted octanol–water partition coefficient (Wildman–Crippen LogP) is 3.91. The van der Waals surface area contributed by atoms with E-state index in [4.69, 9.17) is 4.74 Å². The minimum atomic E-state index is -3.36. The molecule has 0 aromatic carbocycles. The summed E-state index contributed by atoms with van der Waals surface area (Å²) in [5.41, 5.74) is 3.33. The molecule has 8 heteroatoms. The van der Waals surface area contributed by atoms with Gasteiger partial charge in [-0.25, -0.2) is 18.4 Å². The maximum atomic E-state index is 11.8. The summed E-state index contributed by atoms with van der Waals surface area (Å²) >= 11 is 0. The summed E-state index contributed by atoms with van der Waals surface area (Å²) in [4.78, 5) is 23.1. The Morgan fingerprint density at radius 1 is 1.17 bits per heavy atom. The summed E-state index contributed by atoms with van der Waals surface area (Å²) in [6, 6.07) is 7.04. The van der Waals surface area contributed by atoms with E-state index in [9.17, 15) is 13.2 Å². The van der Waals surface area contributed by atoms with Crippen LogP contribution >= 0.6 is 0 Å². The number of pyridine rings is 2. The molecule has 0 amide bonds. The number of carbonyl (C=O) groups excluding carboxylic acids is 1. The molecule has 0 unspecified atom stereocenters. The van der Waals surface area contributed by atoms with E-state index < -0.39 is 15.8 Å². The first-order valence-electron chi connectivity index (χ1n) is 9.85. The van der Waals surface area contributed by atoms with Gasteiger partial charge in [0.05, 0.1) is 6.20 Å². The summed E-state index contributed by atoms with van der Waals surface area (Å²) in [5, 5.41) is 0.873. The highest BCUT2D eigenvalue weighted by Crippen LogP contribution is 2.33. The van der Waals surface area contributed by atoms with Gasteiger partial charge in [0, 0.05) is 41.6 Å². The van der Waals surface area contributed by atoms with E-state index in [0.29, 0.717) is 17.3 Å². The number of H-pyrrole nitrogens is 1. The number of nitrogens with zero attached hydrogens (tertiary/aromatic N) is 2. The van der Waals surface area contributed by atoms with Gasteiger partial charge < -0.3 is 9.72 Å². The lowest BCUT2D eigenvalue weighted by Gasteiger charge is -2.10. The largest absolute Gasteiger partial charge is 0.425 e. The number of fused-ring (bicyclic) bond motifs is 1. The van der Waals surface area contributed by atoms with Gasteiger partial charge in [0.25, 0.3) is 0 Å². The molecule has 3 aromatic heterocycles. The van der Waals surface area contributed by atoms with Crippen molar-refractivity contribution in [1.29, 1.82) is 0 Å². The van der Waals surface area contributed by atoms with Crippen LogP contribution in [0.2, 0.25) is 0 Å². The van der Waals surface area contributed by atoms with Crippen molar-refractivity contribution in [2.45, 2.75) is 37.6 Å². The van der Waals surface area contributed by atoms with Crippen molar-refractivity contribution in [3.8, 4) is 5.75 Å². The summed E-state index contributed by atoms with van der Waals surface area (Å²) in [7, 11) is -3.36. The van der Waals surface area contributed by atoms with Gasteiger partial charge >= 0.3 is 5.97 Å². The number of hydrogen-bond acceptors (Lipinski definition) is 6. The first kappa shape index (κ1) is 20.3. The highest BCUT2D eigenvalue weighted by Gasteiger charge is 2.18. The molecule has 4 rings (SSSR count). The number of esters is 1. The van der Waals surface area contributed by atoms with E-state index in [1.165, 1.54) is 32.0 Å². The lowest BCUT2D eigenvalue weighted by Crippen LogP contribution is -2.01. The third-order valence-corrected chi connectivity index (χ3v) is 6.23. The number of ether oxygens (including phenoxy) is 1. The van der Waals surface area contributed by atoms with Crippen LogP contribution in [0.4, 0.5) is 0 Å². The van der Waals surface area contributed by atoms with E-state index >= 15 is 0 Å². The fraction of sp³-hybridized carbons (Fsp3) is 0.318. The molecule has 0 atom stereocenters. The molecule has 0 radical (unpaired) electrons. The number of aromatic nitrogens is 3. The van der Waals surface area contributed by atoms with Gasteiger partial charge in [-0.2, -0.15) is 0 Å². The molecule has 1 aliphatic rings. The van der Waals surface area contributed by atoms with Crippen LogP contribution in [0, 0.1) is 5.92 Å². The van der Waals surface area contributed by atoms with Crippen LogP contribution in [-0.2, 0) is 14.6 Å². The number of nitrogens with one attached hydrogen (secondary N) is 1. The van der Waals surface area contributed by atoms with Crippen molar-refractivity contribution in [2.24, 2.45) is 5.92 Å². The van der Waals surface area contributed by atoms with Crippen molar-refractivity contribution in [3.05, 3.63) is 54.0 Å². The zero-order valence-corrected chi connectivity index (χ0v) is 17.7. The fourth-order valence-electron chi connectivity index (χ4n) is 3.82. The lowest BCUT2D eigenvalue weighted by atomic mass is 9.97. The summed E-state index contributed by atoms with van der Waals surface area (Å²) < 4.78 is 28.7. The molecule has 0 aliphatic heterocycles. The SMILES string of the molecule is CC(=O)Oc1cnc2[nH]c(C(=CC3CCCC3)c3ccc(S(C)(=O)=O)nc3)cc2c1. The number of carbonyl (C=O) groups is 1. The van der Waals surface area contributed by atoms with E-state index in [-0.39, 0.29) is 5.03 Å². The smallest absolute Gasteiger partial charge is 0.308 e. The third-order valence-electron chi connectivity index (χ3n) is 5.23. The zero-order chi connectivity index (χ0) is 21.3. The molecule has 156 valence electrons. The molecule has 0 bridgehead atoms. The minimum absolute atomic E-state index is 0.0517. The van der Waals surface area contributed by atoms with E-state index in [1.54, 1.807) is 18.3 Å². The Morgan fingerprint density at radius 3 is 2.57 bits per heavy atom. The second kappa shape index (κ2) is 8.02. The van der Waals surface area contributed by atoms with Crippen LogP contribution in [0.1, 0.15) is 43.9 Å². The fourth-order valence-corrected chi connectivity index (χ4v) is 4.38. The zero-order valence-electron chi connectivity index (χ0n) is 16.9. The third kappa shape index (κ3) is 4.43. The summed E-state index contributed by atoms with van der Waals surface area (Å²) in [5.74, 6) is 0.456. The van der Waals surface area contributed by atoms with E-state index in [2.05, 4.69) is 21.0 Å². The van der Waals surface area contributed by atoms with Gasteiger partial charge in [-0.1, -0.05) is 18.9 Å². The molecule has 0 saturated heterocycles. The standard InChI is InChI=1S/C22H23N3O4S/c1-14(26)29-18-10-17-11-20(25-22(17)24-13-18)19(9-15-5-3-4-6-15)16-7-8-21(23-12-16)30(2,27)28/h7-13,15H,3-6H2,1-2H3,(H,24,25). The van der Waals surface area contributed by atoms with Gasteiger partial charge in [0.15, 0.2) is 14.9 Å². The van der Waals surface area contributed by atoms with Crippen LogP contribution in [0.5, 0.6) is 5.75 Å². The molecular weight excluding hydrogens is 402 g/mol. The highest BCUT2D eigenvalue weighted by atomic mass is 32.2. The van der Waals surface area contributed by atoms with E-state index in [1.807, 2.05) is 6.07 Å². The van der Waals surface area contributed by atoms with Crippen molar-refractivity contribution < 1.29 is 17.9 Å². The Bertz CT molecular complexity index is 1220. The number of hydrogen-bond donors (Lipinski definition) is 1. The molecule has 3 aromatic rings. The number of allylic oxidation sites excluding steroid dienone is 1. The predicted molar refractivity (Wildman–Crippen MR) is 114 cm³/mol. The Hall–Kier alpha value is -3.00. The number of aromatic amines is 1. The van der Waals surface area contributed by atoms with Crippen molar-refractivity contribution in [2.75, 3.05) is 6.26 Å². The van der Waals surface area contributed by atoms with Crippen LogP contribution in [-0.4, -0.2) is 35.6 Å². The first-order chi connectivity index (χ1) is 14.3. The Balaban J connectivity index is 1.77. The second-order valence-corrected chi connectivity index (χ2v) is 9.63. The average Bonchev–Trinajstić information content (AvgIpc) is 3.34. The summed E-state index contributed by atoms with van der Waals surface area (Å²) in [6.45, 7) is 1.35. The number of sulfone groups is 1. The first-order valence-corrected chi connectivity index (χ1v) is 11.7. The molecule has 30 heavy (non-hydrogen) atoms. The van der Waals surface area contributed by atoms with Gasteiger partial charge in [-0.15, -0.1) is 0 Å². The van der Waals surface area contributed by atoms with Gasteiger partial charge in [0.2, 0.25) is 0 Å². The average molecular weight is 426 g/mol. The van der Waals surface area contributed by atoms with Crippen molar-refractivity contribution in [3.63, 3.8) is 0 Å². The van der Waals surface area contributed by atoms with Crippen molar-refractivity contribution >= 4 is 32.4 Å². The molecular formula is C22H23N3O4S. The van der Waals surface area contributed by atoms with Gasteiger partial charge in [0.1, 0.15) is 11.4 Å².